The number of unbranched alkanes of at least 4 members (excludes halogenated alkanes) is 1. The van der Waals surface area contributed by atoms with E-state index in [1.807, 2.05) is 42.5 Å². The van der Waals surface area contributed by atoms with Crippen LogP contribution in [0.4, 0.5) is 5.82 Å². The third-order valence-electron chi connectivity index (χ3n) is 5.74. The van der Waals surface area contributed by atoms with Gasteiger partial charge in [0, 0.05) is 23.8 Å². The van der Waals surface area contributed by atoms with E-state index in [2.05, 4.69) is 23.8 Å². The number of ketones is 1. The molecule has 3 heterocycles. The minimum absolute atomic E-state index is 0.137. The highest BCUT2D eigenvalue weighted by Crippen LogP contribution is 2.39. The first-order chi connectivity index (χ1) is 14.9. The Kier molecular flexibility index (Phi) is 6.33. The fourth-order valence-electron chi connectivity index (χ4n) is 4.15. The Balaban J connectivity index is 1.61. The number of hydrogen-bond acceptors (Lipinski definition) is 4. The zero-order valence-corrected chi connectivity index (χ0v) is 18.6. The van der Waals surface area contributed by atoms with Gasteiger partial charge in [0.05, 0.1) is 6.04 Å². The first-order valence-corrected chi connectivity index (χ1v) is 11.2. The summed E-state index contributed by atoms with van der Waals surface area (Å²) in [5.41, 5.74) is 1.98. The molecule has 5 nitrogen and oxygen atoms in total. The average Bonchev–Trinajstić information content (AvgIpc) is 3.02. The quantitative estimate of drug-likeness (QED) is 0.314. The Bertz CT molecular complexity index is 1130. The summed E-state index contributed by atoms with van der Waals surface area (Å²) < 4.78 is 0. The zero-order valence-electron chi connectivity index (χ0n) is 17.8. The van der Waals surface area contributed by atoms with Crippen LogP contribution in [-0.4, -0.2) is 21.7 Å². The number of pyridine rings is 2. The molecule has 0 bridgehead atoms. The molecule has 0 fully saturated rings. The molecule has 1 aliphatic heterocycles. The second-order valence-electron chi connectivity index (χ2n) is 8.51. The van der Waals surface area contributed by atoms with Gasteiger partial charge < -0.3 is 0 Å². The van der Waals surface area contributed by atoms with E-state index < -0.39 is 0 Å². The Morgan fingerprint density at radius 3 is 2.65 bits per heavy atom. The van der Waals surface area contributed by atoms with Gasteiger partial charge in [-0.25, -0.2) is 9.97 Å². The van der Waals surface area contributed by atoms with Crippen LogP contribution in [0.25, 0.3) is 11.0 Å². The lowest BCUT2D eigenvalue weighted by Crippen LogP contribution is -2.30. The normalized spacial score (nSPS) is 15.7. The highest BCUT2D eigenvalue weighted by molar-refractivity contribution is 6.29. The van der Waals surface area contributed by atoms with E-state index in [1.54, 1.807) is 11.0 Å². The molecule has 0 radical (unpaired) electrons. The maximum atomic E-state index is 13.3. The van der Waals surface area contributed by atoms with Gasteiger partial charge >= 0.3 is 0 Å². The molecule has 0 N–H and O–H groups in total. The van der Waals surface area contributed by atoms with Gasteiger partial charge in [-0.05, 0) is 48.2 Å². The van der Waals surface area contributed by atoms with E-state index in [9.17, 15) is 9.59 Å². The molecule has 3 aromatic rings. The molecular weight excluding hydrogens is 410 g/mol. The summed E-state index contributed by atoms with van der Waals surface area (Å²) in [5.74, 6) is 1.17. The lowest BCUT2D eigenvalue weighted by molar-refractivity contribution is -0.119. The van der Waals surface area contributed by atoms with Gasteiger partial charge in [-0.15, -0.1) is 0 Å². The summed E-state index contributed by atoms with van der Waals surface area (Å²) in [6, 6.07) is 14.4. The molecule has 1 aromatic carbocycles. The smallest absolute Gasteiger partial charge is 0.260 e. The van der Waals surface area contributed by atoms with E-state index >= 15 is 0 Å². The van der Waals surface area contributed by atoms with Crippen molar-refractivity contribution in [2.75, 3.05) is 4.90 Å². The molecule has 31 heavy (non-hydrogen) atoms. The summed E-state index contributed by atoms with van der Waals surface area (Å²) in [4.78, 5) is 36.6. The molecule has 0 saturated heterocycles. The van der Waals surface area contributed by atoms with Crippen molar-refractivity contribution in [3.63, 3.8) is 0 Å². The number of rotatable bonds is 8. The van der Waals surface area contributed by atoms with E-state index in [0.717, 1.165) is 30.2 Å². The average molecular weight is 436 g/mol. The van der Waals surface area contributed by atoms with Gasteiger partial charge in [0.15, 0.2) is 5.65 Å². The molecule has 1 unspecified atom stereocenters. The first-order valence-electron chi connectivity index (χ1n) is 10.8. The number of amides is 1. The van der Waals surface area contributed by atoms with Crippen LogP contribution in [0.1, 0.15) is 67.9 Å². The Morgan fingerprint density at radius 1 is 1.06 bits per heavy atom. The standard InChI is InChI=1S/C25H26ClN3O2/c1-16(2)7-3-4-8-18(30)15-21-19-9-5-6-10-20(19)25(31)29(21)23-14-12-17-11-13-22(26)27-24(17)28-23/h5-6,9-14,16,21H,3-4,7-8,15H2,1-2H3. The third kappa shape index (κ3) is 4.62. The number of hydrogen-bond donors (Lipinski definition) is 0. The predicted octanol–water partition coefficient (Wildman–Crippen LogP) is 6.16. The molecule has 2 aromatic heterocycles. The summed E-state index contributed by atoms with van der Waals surface area (Å²) in [5, 5.41) is 1.19. The van der Waals surface area contributed by atoms with Gasteiger partial charge in [-0.2, -0.15) is 0 Å². The van der Waals surface area contributed by atoms with Crippen molar-refractivity contribution in [2.24, 2.45) is 5.92 Å². The summed E-state index contributed by atoms with van der Waals surface area (Å²) in [6.07, 6.45) is 3.88. The fourth-order valence-corrected chi connectivity index (χ4v) is 4.29. The van der Waals surface area contributed by atoms with Crippen LogP contribution in [0.15, 0.2) is 48.5 Å². The molecule has 1 atom stereocenters. The number of Topliss-reactive ketones (excluding diaryl/α,β-unsaturated/α-hetero) is 1. The summed E-state index contributed by atoms with van der Waals surface area (Å²) >= 11 is 6.03. The van der Waals surface area contributed by atoms with Crippen LogP contribution in [-0.2, 0) is 4.79 Å². The monoisotopic (exact) mass is 435 g/mol. The zero-order chi connectivity index (χ0) is 22.0. The fraction of sp³-hybridized carbons (Fsp3) is 0.360. The van der Waals surface area contributed by atoms with Gasteiger partial charge in [0.25, 0.3) is 5.91 Å². The summed E-state index contributed by atoms with van der Waals surface area (Å²) in [7, 11) is 0. The van der Waals surface area contributed by atoms with Crippen LogP contribution in [0, 0.1) is 5.92 Å². The lowest BCUT2D eigenvalue weighted by atomic mass is 9.97. The molecule has 1 aliphatic rings. The highest BCUT2D eigenvalue weighted by atomic mass is 35.5. The van der Waals surface area contributed by atoms with E-state index in [0.29, 0.717) is 34.5 Å². The number of halogens is 1. The molecule has 0 saturated carbocycles. The molecule has 160 valence electrons. The summed E-state index contributed by atoms with van der Waals surface area (Å²) in [6.45, 7) is 4.39. The van der Waals surface area contributed by atoms with Crippen molar-refractivity contribution < 1.29 is 9.59 Å². The van der Waals surface area contributed by atoms with Crippen LogP contribution < -0.4 is 4.90 Å². The van der Waals surface area contributed by atoms with Crippen LogP contribution in [0.2, 0.25) is 5.15 Å². The molecular formula is C25H26ClN3O2. The number of fused-ring (bicyclic) bond motifs is 2. The molecule has 4 rings (SSSR count). The topological polar surface area (TPSA) is 63.2 Å². The van der Waals surface area contributed by atoms with Gasteiger partial charge in [-0.3, -0.25) is 14.5 Å². The Hall–Kier alpha value is -2.79. The van der Waals surface area contributed by atoms with Crippen LogP contribution in [0.3, 0.4) is 0 Å². The Morgan fingerprint density at radius 2 is 1.84 bits per heavy atom. The third-order valence-corrected chi connectivity index (χ3v) is 5.95. The molecule has 0 aliphatic carbocycles. The van der Waals surface area contributed by atoms with Gasteiger partial charge in [0.1, 0.15) is 16.8 Å². The van der Waals surface area contributed by atoms with Crippen molar-refractivity contribution in [3.05, 3.63) is 64.8 Å². The lowest BCUT2D eigenvalue weighted by Gasteiger charge is -2.24. The predicted molar refractivity (Wildman–Crippen MR) is 123 cm³/mol. The van der Waals surface area contributed by atoms with Crippen molar-refractivity contribution in [3.8, 4) is 0 Å². The van der Waals surface area contributed by atoms with E-state index in [-0.39, 0.29) is 24.2 Å². The number of carbonyl (C=O) groups excluding carboxylic acids is 2. The second-order valence-corrected chi connectivity index (χ2v) is 8.90. The van der Waals surface area contributed by atoms with Crippen LogP contribution >= 0.6 is 11.6 Å². The number of aromatic nitrogens is 2. The van der Waals surface area contributed by atoms with Crippen molar-refractivity contribution >= 4 is 40.1 Å². The highest BCUT2D eigenvalue weighted by Gasteiger charge is 2.39. The van der Waals surface area contributed by atoms with Crippen molar-refractivity contribution in [2.45, 2.75) is 52.0 Å². The maximum Gasteiger partial charge on any atom is 0.260 e. The van der Waals surface area contributed by atoms with E-state index in [4.69, 9.17) is 11.6 Å². The number of benzene rings is 1. The van der Waals surface area contributed by atoms with Crippen molar-refractivity contribution in [1.29, 1.82) is 0 Å². The number of nitrogens with zero attached hydrogens (tertiary/aromatic N) is 3. The number of anilines is 1. The largest absolute Gasteiger partial charge is 0.300 e. The second kappa shape index (κ2) is 9.15. The van der Waals surface area contributed by atoms with Crippen LogP contribution in [0.5, 0.6) is 0 Å². The SMILES string of the molecule is CC(C)CCCCC(=O)CC1c2ccccc2C(=O)N1c1ccc2ccc(Cl)nc2n1. The van der Waals surface area contributed by atoms with E-state index in [1.165, 1.54) is 0 Å². The Labute approximate surface area is 187 Å². The maximum absolute atomic E-state index is 13.3. The first kappa shape index (κ1) is 21.4. The molecule has 1 amide bonds. The molecule has 6 heteroatoms. The minimum Gasteiger partial charge on any atom is -0.300 e. The minimum atomic E-state index is -0.356. The van der Waals surface area contributed by atoms with Crippen molar-refractivity contribution in [1.82, 2.24) is 9.97 Å². The molecule has 0 spiro atoms. The van der Waals surface area contributed by atoms with Gasteiger partial charge in [-0.1, -0.05) is 56.5 Å². The van der Waals surface area contributed by atoms with Gasteiger partial charge in [0.2, 0.25) is 0 Å². The number of carbonyl (C=O) groups is 2.